The Balaban J connectivity index is 2.13. The predicted octanol–water partition coefficient (Wildman–Crippen LogP) is 3.63. The summed E-state index contributed by atoms with van der Waals surface area (Å²) in [6, 6.07) is 5.66. The van der Waals surface area contributed by atoms with Crippen LogP contribution in [0.5, 0.6) is 0 Å². The summed E-state index contributed by atoms with van der Waals surface area (Å²) in [6.07, 6.45) is 3.08. The Hall–Kier alpha value is -1.68. The van der Waals surface area contributed by atoms with Gasteiger partial charge in [0.2, 0.25) is 0 Å². The molecule has 2 rings (SSSR count). The fourth-order valence-corrected chi connectivity index (χ4v) is 1.55. The lowest BCUT2D eigenvalue weighted by atomic mass is 10.2. The van der Waals surface area contributed by atoms with Gasteiger partial charge in [-0.05, 0) is 12.1 Å². The molecule has 0 unspecified atom stereocenters. The molecule has 0 aliphatic carbocycles. The van der Waals surface area contributed by atoms with E-state index in [-0.39, 0.29) is 12.1 Å². The lowest BCUT2D eigenvalue weighted by Crippen LogP contribution is -2.03. The molecule has 0 saturated heterocycles. The van der Waals surface area contributed by atoms with E-state index in [0.29, 0.717) is 10.7 Å². The minimum Gasteiger partial charge on any atom is -0.378 e. The van der Waals surface area contributed by atoms with E-state index in [4.69, 9.17) is 11.6 Å². The Morgan fingerprint density at radius 2 is 2.06 bits per heavy atom. The van der Waals surface area contributed by atoms with E-state index in [0.717, 1.165) is 6.07 Å². The van der Waals surface area contributed by atoms with Gasteiger partial charge in [-0.2, -0.15) is 0 Å². The average Bonchev–Trinajstić information content (AvgIpc) is 2.33. The summed E-state index contributed by atoms with van der Waals surface area (Å²) < 4.78 is 26.3. The SMILES string of the molecule is Fc1cccc(CNc2cnccc2Cl)c1F. The lowest BCUT2D eigenvalue weighted by molar-refractivity contribution is 0.500. The summed E-state index contributed by atoms with van der Waals surface area (Å²) in [5, 5.41) is 3.38. The lowest BCUT2D eigenvalue weighted by Gasteiger charge is -2.08. The van der Waals surface area contributed by atoms with E-state index in [1.165, 1.54) is 18.3 Å². The van der Waals surface area contributed by atoms with Gasteiger partial charge in [0.25, 0.3) is 0 Å². The van der Waals surface area contributed by atoms with Gasteiger partial charge in [0.1, 0.15) is 0 Å². The zero-order chi connectivity index (χ0) is 12.3. The highest BCUT2D eigenvalue weighted by Crippen LogP contribution is 2.20. The maximum atomic E-state index is 13.3. The van der Waals surface area contributed by atoms with Crippen molar-refractivity contribution < 1.29 is 8.78 Å². The fraction of sp³-hybridized carbons (Fsp3) is 0.0833. The molecule has 0 saturated carbocycles. The maximum Gasteiger partial charge on any atom is 0.163 e. The van der Waals surface area contributed by atoms with Crippen LogP contribution in [0.15, 0.2) is 36.7 Å². The molecule has 0 spiro atoms. The van der Waals surface area contributed by atoms with Crippen molar-refractivity contribution in [3.63, 3.8) is 0 Å². The van der Waals surface area contributed by atoms with Crippen molar-refractivity contribution in [1.82, 2.24) is 4.98 Å². The van der Waals surface area contributed by atoms with Crippen LogP contribution >= 0.6 is 11.6 Å². The molecular weight excluding hydrogens is 246 g/mol. The first-order valence-corrected chi connectivity index (χ1v) is 5.32. The summed E-state index contributed by atoms with van der Waals surface area (Å²) in [5.41, 5.74) is 0.822. The van der Waals surface area contributed by atoms with Gasteiger partial charge in [-0.25, -0.2) is 8.78 Å². The standard InChI is InChI=1S/C12H9ClF2N2/c13-9-4-5-16-7-11(9)17-6-8-2-1-3-10(14)12(8)15/h1-5,7,17H,6H2. The number of rotatable bonds is 3. The largest absolute Gasteiger partial charge is 0.378 e. The van der Waals surface area contributed by atoms with Crippen molar-refractivity contribution in [2.75, 3.05) is 5.32 Å². The summed E-state index contributed by atoms with van der Waals surface area (Å²) in [7, 11) is 0. The van der Waals surface area contributed by atoms with Gasteiger partial charge in [0.05, 0.1) is 16.9 Å². The van der Waals surface area contributed by atoms with E-state index in [9.17, 15) is 8.78 Å². The molecule has 0 aliphatic rings. The summed E-state index contributed by atoms with van der Waals surface area (Å²) in [5.74, 6) is -1.71. The normalized spacial score (nSPS) is 10.3. The molecule has 2 aromatic rings. The zero-order valence-electron chi connectivity index (χ0n) is 8.75. The molecule has 5 heteroatoms. The molecule has 0 radical (unpaired) electrons. The number of anilines is 1. The quantitative estimate of drug-likeness (QED) is 0.905. The van der Waals surface area contributed by atoms with Gasteiger partial charge >= 0.3 is 0 Å². The molecule has 2 nitrogen and oxygen atoms in total. The first-order valence-electron chi connectivity index (χ1n) is 4.95. The Morgan fingerprint density at radius 3 is 2.82 bits per heavy atom. The van der Waals surface area contributed by atoms with Crippen LogP contribution in [0, 0.1) is 11.6 Å². The summed E-state index contributed by atoms with van der Waals surface area (Å²) in [4.78, 5) is 3.88. The van der Waals surface area contributed by atoms with Crippen molar-refractivity contribution in [2.24, 2.45) is 0 Å². The van der Waals surface area contributed by atoms with Crippen molar-refractivity contribution in [1.29, 1.82) is 0 Å². The van der Waals surface area contributed by atoms with Crippen LogP contribution in [0.4, 0.5) is 14.5 Å². The van der Waals surface area contributed by atoms with Crippen LogP contribution in [0.3, 0.4) is 0 Å². The van der Waals surface area contributed by atoms with Crippen LogP contribution in [-0.4, -0.2) is 4.98 Å². The highest BCUT2D eigenvalue weighted by Gasteiger charge is 2.07. The van der Waals surface area contributed by atoms with E-state index in [1.54, 1.807) is 12.3 Å². The molecule has 0 atom stereocenters. The van der Waals surface area contributed by atoms with E-state index < -0.39 is 11.6 Å². The molecular formula is C12H9ClF2N2. The highest BCUT2D eigenvalue weighted by molar-refractivity contribution is 6.33. The molecule has 0 bridgehead atoms. The number of halogens is 3. The van der Waals surface area contributed by atoms with E-state index in [2.05, 4.69) is 10.3 Å². The van der Waals surface area contributed by atoms with Crippen LogP contribution < -0.4 is 5.32 Å². The van der Waals surface area contributed by atoms with Gasteiger partial charge < -0.3 is 5.32 Å². The van der Waals surface area contributed by atoms with Crippen molar-refractivity contribution in [3.05, 3.63) is 58.9 Å². The van der Waals surface area contributed by atoms with E-state index >= 15 is 0 Å². The predicted molar refractivity (Wildman–Crippen MR) is 62.9 cm³/mol. The molecule has 1 heterocycles. The van der Waals surface area contributed by atoms with Gasteiger partial charge in [0.15, 0.2) is 11.6 Å². The van der Waals surface area contributed by atoms with Gasteiger partial charge in [-0.3, -0.25) is 4.98 Å². The van der Waals surface area contributed by atoms with Crippen molar-refractivity contribution in [2.45, 2.75) is 6.54 Å². The average molecular weight is 255 g/mol. The molecule has 1 aromatic carbocycles. The first kappa shape index (κ1) is 11.8. The second-order valence-corrected chi connectivity index (χ2v) is 3.83. The van der Waals surface area contributed by atoms with Gasteiger partial charge in [-0.1, -0.05) is 23.7 Å². The number of aromatic nitrogens is 1. The van der Waals surface area contributed by atoms with Gasteiger partial charge in [-0.15, -0.1) is 0 Å². The summed E-state index contributed by atoms with van der Waals surface area (Å²) >= 11 is 5.89. The second kappa shape index (κ2) is 5.10. The molecule has 0 fully saturated rings. The minimum atomic E-state index is -0.860. The highest BCUT2D eigenvalue weighted by atomic mass is 35.5. The van der Waals surface area contributed by atoms with Crippen LogP contribution in [0.25, 0.3) is 0 Å². The molecule has 0 amide bonds. The summed E-state index contributed by atoms with van der Waals surface area (Å²) in [6.45, 7) is 0.148. The number of nitrogens with one attached hydrogen (secondary N) is 1. The Labute approximate surface area is 102 Å². The molecule has 1 N–H and O–H groups in total. The molecule has 1 aromatic heterocycles. The van der Waals surface area contributed by atoms with Crippen molar-refractivity contribution in [3.8, 4) is 0 Å². The number of pyridine rings is 1. The first-order chi connectivity index (χ1) is 8.18. The fourth-order valence-electron chi connectivity index (χ4n) is 1.38. The third kappa shape index (κ3) is 2.71. The number of benzene rings is 1. The van der Waals surface area contributed by atoms with Crippen LogP contribution in [-0.2, 0) is 6.54 Å². The van der Waals surface area contributed by atoms with Gasteiger partial charge in [0, 0.05) is 18.3 Å². The number of hydrogen-bond acceptors (Lipinski definition) is 2. The smallest absolute Gasteiger partial charge is 0.163 e. The van der Waals surface area contributed by atoms with Crippen molar-refractivity contribution >= 4 is 17.3 Å². The topological polar surface area (TPSA) is 24.9 Å². The molecule has 17 heavy (non-hydrogen) atoms. The number of hydrogen-bond donors (Lipinski definition) is 1. The van der Waals surface area contributed by atoms with E-state index in [1.807, 2.05) is 0 Å². The maximum absolute atomic E-state index is 13.3. The Bertz CT molecular complexity index is 532. The Kier molecular flexibility index (Phi) is 3.54. The monoisotopic (exact) mass is 254 g/mol. The molecule has 88 valence electrons. The third-order valence-electron chi connectivity index (χ3n) is 2.27. The third-order valence-corrected chi connectivity index (χ3v) is 2.60. The molecule has 0 aliphatic heterocycles. The zero-order valence-corrected chi connectivity index (χ0v) is 9.51. The second-order valence-electron chi connectivity index (χ2n) is 3.42. The van der Waals surface area contributed by atoms with Crippen LogP contribution in [0.2, 0.25) is 5.02 Å². The Morgan fingerprint density at radius 1 is 1.24 bits per heavy atom. The number of nitrogens with zero attached hydrogens (tertiary/aromatic N) is 1. The minimum absolute atomic E-state index is 0.148. The van der Waals surface area contributed by atoms with Crippen LogP contribution in [0.1, 0.15) is 5.56 Å².